The van der Waals surface area contributed by atoms with Gasteiger partial charge in [-0.3, -0.25) is 0 Å². The summed E-state index contributed by atoms with van der Waals surface area (Å²) in [5.41, 5.74) is 4.74. The summed E-state index contributed by atoms with van der Waals surface area (Å²) in [6.07, 6.45) is 2.91. The van der Waals surface area contributed by atoms with Crippen LogP contribution < -0.4 is 4.74 Å². The molecule has 1 aliphatic heterocycles. The first-order chi connectivity index (χ1) is 18.5. The molecule has 0 spiro atoms. The smallest absolute Gasteiger partial charge is 0.337 e. The van der Waals surface area contributed by atoms with Crippen molar-refractivity contribution in [3.8, 4) is 17.0 Å². The zero-order valence-corrected chi connectivity index (χ0v) is 22.2. The lowest BCUT2D eigenvalue weighted by atomic mass is 9.92. The van der Waals surface area contributed by atoms with Gasteiger partial charge in [0.15, 0.2) is 0 Å². The van der Waals surface area contributed by atoms with Crippen LogP contribution in [-0.2, 0) is 16.1 Å². The van der Waals surface area contributed by atoms with Gasteiger partial charge in [0.1, 0.15) is 23.8 Å². The molecular weight excluding hydrogens is 525 g/mol. The lowest BCUT2D eigenvalue weighted by molar-refractivity contribution is -0.130. The Kier molecular flexibility index (Phi) is 6.87. The predicted octanol–water partition coefficient (Wildman–Crippen LogP) is 8.09. The highest BCUT2D eigenvalue weighted by molar-refractivity contribution is 6.39. The Morgan fingerprint density at radius 1 is 0.974 bits per heavy atom. The van der Waals surface area contributed by atoms with Crippen LogP contribution in [0.5, 0.6) is 5.75 Å². The van der Waals surface area contributed by atoms with E-state index in [1.807, 2.05) is 42.5 Å². The van der Waals surface area contributed by atoms with Crippen molar-refractivity contribution in [1.29, 1.82) is 0 Å². The summed E-state index contributed by atoms with van der Waals surface area (Å²) in [7, 11) is 1.38. The van der Waals surface area contributed by atoms with Crippen molar-refractivity contribution in [2.24, 2.45) is 0 Å². The minimum Gasteiger partial charge on any atom is -0.489 e. The third-order valence-electron chi connectivity index (χ3n) is 7.04. The van der Waals surface area contributed by atoms with Crippen LogP contribution in [0.25, 0.3) is 11.3 Å². The Bertz CT molecular complexity index is 1450. The maximum absolute atomic E-state index is 11.8. The van der Waals surface area contributed by atoms with E-state index in [1.54, 1.807) is 24.3 Å². The van der Waals surface area contributed by atoms with E-state index in [0.29, 0.717) is 39.4 Å². The van der Waals surface area contributed by atoms with E-state index in [-0.39, 0.29) is 18.2 Å². The average Bonchev–Trinajstić information content (AvgIpc) is 3.67. The molecule has 3 aromatic carbocycles. The number of esters is 1. The van der Waals surface area contributed by atoms with Gasteiger partial charge in [0, 0.05) is 17.9 Å². The molecular formula is C30H25Cl2NO5. The van der Waals surface area contributed by atoms with Crippen LogP contribution in [0.4, 0.5) is 0 Å². The van der Waals surface area contributed by atoms with E-state index in [1.165, 1.54) is 7.11 Å². The fourth-order valence-electron chi connectivity index (χ4n) is 4.78. The second-order valence-corrected chi connectivity index (χ2v) is 10.4. The van der Waals surface area contributed by atoms with Gasteiger partial charge < -0.3 is 18.7 Å². The number of hydrogen-bond donors (Lipinski definition) is 0. The molecule has 2 heterocycles. The van der Waals surface area contributed by atoms with E-state index >= 15 is 0 Å². The number of halogens is 2. The molecule has 4 aromatic rings. The molecule has 0 N–H and O–H groups in total. The van der Waals surface area contributed by atoms with Gasteiger partial charge in [-0.05, 0) is 60.4 Å². The maximum atomic E-state index is 11.8. The second kappa shape index (κ2) is 10.4. The SMILES string of the molecule is COC(=O)c1cccc([C@@H]2C[C@H](c3ccc(OCc4c(-c5c(Cl)cccc5Cl)noc4C4CC4)cc3)O2)c1. The number of benzene rings is 3. The van der Waals surface area contributed by atoms with Crippen molar-refractivity contribution in [1.82, 2.24) is 5.16 Å². The molecule has 0 unspecified atom stereocenters. The molecule has 8 heteroatoms. The molecule has 38 heavy (non-hydrogen) atoms. The van der Waals surface area contributed by atoms with Gasteiger partial charge in [-0.15, -0.1) is 0 Å². The van der Waals surface area contributed by atoms with E-state index in [2.05, 4.69) is 5.16 Å². The molecule has 2 fully saturated rings. The van der Waals surface area contributed by atoms with Crippen molar-refractivity contribution in [2.45, 2.75) is 44.0 Å². The average molecular weight is 550 g/mol. The van der Waals surface area contributed by atoms with Gasteiger partial charge in [-0.1, -0.05) is 58.7 Å². The quantitative estimate of drug-likeness (QED) is 0.207. The predicted molar refractivity (Wildman–Crippen MR) is 144 cm³/mol. The normalized spacial score (nSPS) is 18.6. The third-order valence-corrected chi connectivity index (χ3v) is 7.67. The molecule has 0 bridgehead atoms. The highest BCUT2D eigenvalue weighted by Gasteiger charge is 2.34. The number of aromatic nitrogens is 1. The van der Waals surface area contributed by atoms with E-state index in [4.69, 9.17) is 41.9 Å². The summed E-state index contributed by atoms with van der Waals surface area (Å²) >= 11 is 12.9. The van der Waals surface area contributed by atoms with Crippen molar-refractivity contribution in [3.63, 3.8) is 0 Å². The van der Waals surface area contributed by atoms with Crippen LogP contribution in [0.15, 0.2) is 71.3 Å². The Hall–Kier alpha value is -3.32. The summed E-state index contributed by atoms with van der Waals surface area (Å²) in [4.78, 5) is 11.8. The van der Waals surface area contributed by atoms with Crippen LogP contribution in [0.2, 0.25) is 10.0 Å². The summed E-state index contributed by atoms with van der Waals surface area (Å²) < 4.78 is 22.8. The number of carbonyl (C=O) groups excluding carboxylic acids is 1. The minimum absolute atomic E-state index is 0.00987. The fraction of sp³-hybridized carbons (Fsp3) is 0.267. The van der Waals surface area contributed by atoms with Crippen molar-refractivity contribution in [3.05, 3.63) is 105 Å². The zero-order chi connectivity index (χ0) is 26.2. The summed E-state index contributed by atoms with van der Waals surface area (Å²) in [5.74, 6) is 1.58. The molecule has 1 saturated heterocycles. The standard InChI is InChI=1S/C30H25Cl2NO5/c1-35-30(34)20-5-2-4-19(14-20)26-15-25(37-26)17-10-12-21(13-11-17)36-16-22-28(33-38-29(22)18-8-9-18)27-23(31)6-3-7-24(27)32/h2-7,10-14,18,25-26H,8-9,15-16H2,1H3/t25-,26+/m1/s1. The van der Waals surface area contributed by atoms with Crippen molar-refractivity contribution >= 4 is 29.2 Å². The first-order valence-electron chi connectivity index (χ1n) is 12.5. The third kappa shape index (κ3) is 4.92. The lowest BCUT2D eigenvalue weighted by Gasteiger charge is -2.36. The summed E-state index contributed by atoms with van der Waals surface area (Å²) in [6.45, 7) is 0.296. The Balaban J connectivity index is 1.12. The van der Waals surface area contributed by atoms with Crippen molar-refractivity contribution in [2.75, 3.05) is 7.11 Å². The molecule has 6 rings (SSSR count). The van der Waals surface area contributed by atoms with Gasteiger partial charge in [0.25, 0.3) is 0 Å². The Morgan fingerprint density at radius 2 is 1.66 bits per heavy atom. The van der Waals surface area contributed by atoms with Gasteiger partial charge in [0.05, 0.1) is 40.5 Å². The first-order valence-corrected chi connectivity index (χ1v) is 13.3. The molecule has 0 amide bonds. The second-order valence-electron chi connectivity index (χ2n) is 9.57. The van der Waals surface area contributed by atoms with Gasteiger partial charge in [-0.2, -0.15) is 0 Å². The molecule has 2 aliphatic rings. The van der Waals surface area contributed by atoms with Crippen molar-refractivity contribution < 1.29 is 23.5 Å². The highest BCUT2D eigenvalue weighted by Crippen LogP contribution is 2.47. The summed E-state index contributed by atoms with van der Waals surface area (Å²) in [5, 5.41) is 5.37. The zero-order valence-electron chi connectivity index (χ0n) is 20.7. The van der Waals surface area contributed by atoms with Crippen LogP contribution >= 0.6 is 23.2 Å². The number of methoxy groups -OCH3 is 1. The highest BCUT2D eigenvalue weighted by atomic mass is 35.5. The maximum Gasteiger partial charge on any atom is 0.337 e. The molecule has 1 saturated carbocycles. The fourth-order valence-corrected chi connectivity index (χ4v) is 5.35. The lowest BCUT2D eigenvalue weighted by Crippen LogP contribution is -2.24. The molecule has 1 aliphatic carbocycles. The van der Waals surface area contributed by atoms with E-state index < -0.39 is 0 Å². The van der Waals surface area contributed by atoms with Crippen LogP contribution in [0.3, 0.4) is 0 Å². The monoisotopic (exact) mass is 549 g/mol. The molecule has 1 aromatic heterocycles. The van der Waals surface area contributed by atoms with E-state index in [0.717, 1.165) is 47.5 Å². The van der Waals surface area contributed by atoms with Crippen LogP contribution in [0.1, 0.15) is 70.2 Å². The Morgan fingerprint density at radius 3 is 2.34 bits per heavy atom. The van der Waals surface area contributed by atoms with Crippen LogP contribution in [0, 0.1) is 0 Å². The molecule has 6 nitrogen and oxygen atoms in total. The molecule has 2 atom stereocenters. The first kappa shape index (κ1) is 25.0. The van der Waals surface area contributed by atoms with E-state index in [9.17, 15) is 4.79 Å². The number of hydrogen-bond acceptors (Lipinski definition) is 6. The van der Waals surface area contributed by atoms with Crippen LogP contribution in [-0.4, -0.2) is 18.2 Å². The summed E-state index contributed by atoms with van der Waals surface area (Å²) in [6, 6.07) is 20.7. The molecule has 0 radical (unpaired) electrons. The number of ether oxygens (including phenoxy) is 3. The Labute approximate surface area is 230 Å². The topological polar surface area (TPSA) is 70.8 Å². The van der Waals surface area contributed by atoms with Gasteiger partial charge in [-0.25, -0.2) is 4.79 Å². The van der Waals surface area contributed by atoms with Gasteiger partial charge in [0.2, 0.25) is 0 Å². The van der Waals surface area contributed by atoms with Gasteiger partial charge >= 0.3 is 5.97 Å². The molecule has 194 valence electrons. The largest absolute Gasteiger partial charge is 0.489 e. The number of nitrogens with zero attached hydrogens (tertiary/aromatic N) is 1. The number of rotatable bonds is 8. The number of carbonyl (C=O) groups is 1. The minimum atomic E-state index is -0.351.